The van der Waals surface area contributed by atoms with E-state index in [1.807, 2.05) is 20.8 Å². The van der Waals surface area contributed by atoms with Crippen LogP contribution in [0.3, 0.4) is 0 Å². The number of thioether (sulfide) groups is 1. The van der Waals surface area contributed by atoms with Crippen LogP contribution in [0.4, 0.5) is 0 Å². The van der Waals surface area contributed by atoms with Gasteiger partial charge in [0.05, 0.1) is 16.4 Å². The molecule has 0 spiro atoms. The molecule has 2 rings (SSSR count). The summed E-state index contributed by atoms with van der Waals surface area (Å²) in [6.07, 6.45) is 0.794. The Hall–Kier alpha value is -1.38. The van der Waals surface area contributed by atoms with Gasteiger partial charge in [0.1, 0.15) is 10.7 Å². The first-order valence-corrected chi connectivity index (χ1v) is 9.67. The Labute approximate surface area is 149 Å². The molecule has 0 saturated carbocycles. The highest BCUT2D eigenvalue weighted by atomic mass is 32.2. The lowest BCUT2D eigenvalue weighted by molar-refractivity contribution is -0.120. The summed E-state index contributed by atoms with van der Waals surface area (Å²) in [7, 11) is 1.64. The average Bonchev–Trinajstić information content (AvgIpc) is 2.84. The molecule has 0 aliphatic heterocycles. The number of methoxy groups -OCH3 is 1. The SMILES string of the molecule is COCCCNC(=O)C(C)SCc1nc2sc(C)c(C)c2c(=O)[nH]1. The molecule has 0 aliphatic carbocycles. The molecule has 0 radical (unpaired) electrons. The first-order valence-electron chi connectivity index (χ1n) is 7.81. The zero-order valence-electron chi connectivity index (χ0n) is 14.4. The molecule has 2 N–H and O–H groups in total. The lowest BCUT2D eigenvalue weighted by atomic mass is 10.2. The number of aromatic nitrogens is 2. The molecule has 132 valence electrons. The first-order chi connectivity index (χ1) is 11.4. The van der Waals surface area contributed by atoms with E-state index < -0.39 is 0 Å². The molecule has 1 amide bonds. The minimum absolute atomic E-state index is 0.0117. The van der Waals surface area contributed by atoms with Crippen LogP contribution in [0.2, 0.25) is 0 Å². The van der Waals surface area contributed by atoms with E-state index >= 15 is 0 Å². The van der Waals surface area contributed by atoms with Gasteiger partial charge in [-0.15, -0.1) is 23.1 Å². The first kappa shape index (κ1) is 19.0. The van der Waals surface area contributed by atoms with Crippen LogP contribution >= 0.6 is 23.1 Å². The molecule has 1 atom stereocenters. The smallest absolute Gasteiger partial charge is 0.259 e. The van der Waals surface area contributed by atoms with E-state index in [0.29, 0.717) is 30.1 Å². The van der Waals surface area contributed by atoms with Crippen molar-refractivity contribution in [3.05, 3.63) is 26.6 Å². The largest absolute Gasteiger partial charge is 0.385 e. The predicted octanol–water partition coefficient (Wildman–Crippen LogP) is 2.38. The van der Waals surface area contributed by atoms with Crippen LogP contribution in [0, 0.1) is 13.8 Å². The van der Waals surface area contributed by atoms with Crippen molar-refractivity contribution in [3.63, 3.8) is 0 Å². The minimum Gasteiger partial charge on any atom is -0.385 e. The average molecular weight is 370 g/mol. The van der Waals surface area contributed by atoms with Gasteiger partial charge in [-0.3, -0.25) is 9.59 Å². The fourth-order valence-electron chi connectivity index (χ4n) is 2.22. The highest BCUT2D eigenvalue weighted by Crippen LogP contribution is 2.26. The van der Waals surface area contributed by atoms with E-state index in [1.54, 1.807) is 7.11 Å². The summed E-state index contributed by atoms with van der Waals surface area (Å²) in [4.78, 5) is 33.4. The second-order valence-electron chi connectivity index (χ2n) is 5.57. The third kappa shape index (κ3) is 4.58. The third-order valence-corrected chi connectivity index (χ3v) is 6.01. The zero-order valence-corrected chi connectivity index (χ0v) is 16.0. The molecule has 2 heterocycles. The minimum atomic E-state index is -0.208. The molecular weight excluding hydrogens is 346 g/mol. The standard InChI is InChI=1S/C16H23N3O3S2/c1-9-10(2)24-16-13(9)15(21)18-12(19-16)8-23-11(3)14(20)17-6-5-7-22-4/h11H,5-8H2,1-4H3,(H,17,20)(H,18,19,21). The topological polar surface area (TPSA) is 84.1 Å². The predicted molar refractivity (Wildman–Crippen MR) is 100.0 cm³/mol. The van der Waals surface area contributed by atoms with E-state index in [-0.39, 0.29) is 16.7 Å². The van der Waals surface area contributed by atoms with E-state index in [0.717, 1.165) is 21.7 Å². The number of rotatable bonds is 8. The molecule has 24 heavy (non-hydrogen) atoms. The molecular formula is C16H23N3O3S2. The molecule has 2 aromatic heterocycles. The summed E-state index contributed by atoms with van der Waals surface area (Å²) in [6.45, 7) is 7.02. The normalized spacial score (nSPS) is 12.5. The van der Waals surface area contributed by atoms with E-state index in [4.69, 9.17) is 4.74 Å². The fourth-order valence-corrected chi connectivity index (χ4v) is 4.05. The lowest BCUT2D eigenvalue weighted by Crippen LogP contribution is -2.32. The highest BCUT2D eigenvalue weighted by molar-refractivity contribution is 7.99. The number of hydrogen-bond acceptors (Lipinski definition) is 6. The molecule has 0 aromatic carbocycles. The zero-order chi connectivity index (χ0) is 17.7. The van der Waals surface area contributed by atoms with Gasteiger partial charge in [-0.1, -0.05) is 0 Å². The van der Waals surface area contributed by atoms with Crippen LogP contribution in [0.5, 0.6) is 0 Å². The second kappa shape index (κ2) is 8.64. The van der Waals surface area contributed by atoms with Gasteiger partial charge in [0.15, 0.2) is 0 Å². The van der Waals surface area contributed by atoms with Crippen LogP contribution in [0.15, 0.2) is 4.79 Å². The van der Waals surface area contributed by atoms with Crippen molar-refractivity contribution in [2.45, 2.75) is 38.2 Å². The van der Waals surface area contributed by atoms with E-state index in [9.17, 15) is 9.59 Å². The summed E-state index contributed by atoms with van der Waals surface area (Å²) in [6, 6.07) is 0. The van der Waals surface area contributed by atoms with Gasteiger partial charge in [0, 0.05) is 25.1 Å². The number of fused-ring (bicyclic) bond motifs is 1. The maximum atomic E-state index is 12.2. The lowest BCUT2D eigenvalue weighted by Gasteiger charge is -2.11. The molecule has 0 aliphatic rings. The molecule has 1 unspecified atom stereocenters. The van der Waals surface area contributed by atoms with Crippen molar-refractivity contribution in [2.24, 2.45) is 0 Å². The van der Waals surface area contributed by atoms with Gasteiger partial charge in [0.2, 0.25) is 5.91 Å². The van der Waals surface area contributed by atoms with Crippen molar-refractivity contribution in [3.8, 4) is 0 Å². The Balaban J connectivity index is 1.95. The summed E-state index contributed by atoms with van der Waals surface area (Å²) in [5.74, 6) is 1.09. The van der Waals surface area contributed by atoms with Crippen LogP contribution in [-0.4, -0.2) is 41.4 Å². The number of nitrogens with zero attached hydrogens (tertiary/aromatic N) is 1. The summed E-state index contributed by atoms with van der Waals surface area (Å²) >= 11 is 2.99. The summed E-state index contributed by atoms with van der Waals surface area (Å²) in [5.41, 5.74) is 0.890. The number of hydrogen-bond donors (Lipinski definition) is 2. The number of aryl methyl sites for hydroxylation is 2. The highest BCUT2D eigenvalue weighted by Gasteiger charge is 2.15. The van der Waals surface area contributed by atoms with E-state index in [2.05, 4.69) is 15.3 Å². The Bertz CT molecular complexity index is 770. The number of amides is 1. The maximum absolute atomic E-state index is 12.2. The fraction of sp³-hybridized carbons (Fsp3) is 0.562. The van der Waals surface area contributed by atoms with Crippen molar-refractivity contribution >= 4 is 39.2 Å². The van der Waals surface area contributed by atoms with Crippen LogP contribution < -0.4 is 10.9 Å². The molecule has 0 fully saturated rings. The van der Waals surface area contributed by atoms with Crippen molar-refractivity contribution in [1.82, 2.24) is 15.3 Å². The van der Waals surface area contributed by atoms with Gasteiger partial charge in [-0.2, -0.15) is 0 Å². The molecule has 0 bridgehead atoms. The number of ether oxygens (including phenoxy) is 1. The van der Waals surface area contributed by atoms with Crippen LogP contribution in [0.1, 0.15) is 29.6 Å². The number of H-pyrrole nitrogens is 1. The Morgan fingerprint density at radius 3 is 2.92 bits per heavy atom. The molecule has 8 heteroatoms. The van der Waals surface area contributed by atoms with Gasteiger partial charge in [-0.05, 0) is 32.8 Å². The monoisotopic (exact) mass is 369 g/mol. The van der Waals surface area contributed by atoms with Gasteiger partial charge < -0.3 is 15.0 Å². The third-order valence-electron chi connectivity index (χ3n) is 3.75. The second-order valence-corrected chi connectivity index (χ2v) is 8.10. The summed E-state index contributed by atoms with van der Waals surface area (Å²) in [5, 5.41) is 3.34. The molecule has 6 nitrogen and oxygen atoms in total. The van der Waals surface area contributed by atoms with Crippen molar-refractivity contribution in [2.75, 3.05) is 20.3 Å². The van der Waals surface area contributed by atoms with E-state index in [1.165, 1.54) is 23.1 Å². The quantitative estimate of drug-likeness (QED) is 0.698. The summed E-state index contributed by atoms with van der Waals surface area (Å²) < 4.78 is 4.95. The van der Waals surface area contributed by atoms with Gasteiger partial charge >= 0.3 is 0 Å². The Kier molecular flexibility index (Phi) is 6.82. The number of thiophene rings is 1. The molecule has 2 aromatic rings. The van der Waals surface area contributed by atoms with Crippen molar-refractivity contribution in [1.29, 1.82) is 0 Å². The van der Waals surface area contributed by atoms with Crippen molar-refractivity contribution < 1.29 is 9.53 Å². The molecule has 0 saturated heterocycles. The Morgan fingerprint density at radius 1 is 1.46 bits per heavy atom. The number of carbonyl (C=O) groups excluding carboxylic acids is 1. The number of aromatic amines is 1. The number of carbonyl (C=O) groups is 1. The van der Waals surface area contributed by atoms with Gasteiger partial charge in [-0.25, -0.2) is 4.98 Å². The van der Waals surface area contributed by atoms with Crippen LogP contribution in [-0.2, 0) is 15.3 Å². The van der Waals surface area contributed by atoms with Gasteiger partial charge in [0.25, 0.3) is 5.56 Å². The van der Waals surface area contributed by atoms with Crippen LogP contribution in [0.25, 0.3) is 10.2 Å². The Morgan fingerprint density at radius 2 is 2.21 bits per heavy atom. The maximum Gasteiger partial charge on any atom is 0.259 e. The number of nitrogens with one attached hydrogen (secondary N) is 2.